The van der Waals surface area contributed by atoms with Crippen LogP contribution < -0.4 is 0 Å². The van der Waals surface area contributed by atoms with Crippen LogP contribution in [0.2, 0.25) is 0 Å². The molecule has 3 saturated carbocycles. The Balaban J connectivity index is 1.90. The summed E-state index contributed by atoms with van der Waals surface area (Å²) in [5, 5.41) is 20.2. The zero-order chi connectivity index (χ0) is 17.3. The second-order valence-electron chi connectivity index (χ2n) is 8.13. The van der Waals surface area contributed by atoms with Gasteiger partial charge in [0.25, 0.3) is 0 Å². The third-order valence-electron chi connectivity index (χ3n) is 7.06. The van der Waals surface area contributed by atoms with E-state index >= 15 is 0 Å². The first-order valence-electron chi connectivity index (χ1n) is 8.77. The Morgan fingerprint density at radius 1 is 1.38 bits per heavy atom. The van der Waals surface area contributed by atoms with E-state index in [0.29, 0.717) is 18.8 Å². The summed E-state index contributed by atoms with van der Waals surface area (Å²) in [5.74, 6) is -1.85. The minimum atomic E-state index is -0.899. The van der Waals surface area contributed by atoms with E-state index in [9.17, 15) is 19.8 Å². The second-order valence-corrected chi connectivity index (χ2v) is 8.13. The second kappa shape index (κ2) is 4.94. The van der Waals surface area contributed by atoms with Crippen molar-refractivity contribution >= 4 is 11.9 Å². The number of esters is 1. The van der Waals surface area contributed by atoms with E-state index in [1.165, 1.54) is 6.92 Å². The number of carboxylic acid groups (broad SMARTS) is 1. The summed E-state index contributed by atoms with van der Waals surface area (Å²) in [5.41, 5.74) is -0.158. The molecule has 0 radical (unpaired) electrons. The number of allylic oxidation sites excluding steroid dienone is 1. The molecule has 0 aliphatic heterocycles. The van der Waals surface area contributed by atoms with E-state index in [1.54, 1.807) is 12.2 Å². The van der Waals surface area contributed by atoms with E-state index in [2.05, 4.69) is 6.58 Å². The van der Waals surface area contributed by atoms with Crippen LogP contribution in [0.5, 0.6) is 0 Å². The number of carbonyl (C=O) groups is 2. The predicted molar refractivity (Wildman–Crippen MR) is 85.9 cm³/mol. The van der Waals surface area contributed by atoms with Gasteiger partial charge in [0.2, 0.25) is 0 Å². The largest absolute Gasteiger partial charge is 0.481 e. The summed E-state index contributed by atoms with van der Waals surface area (Å²) >= 11 is 0. The number of aliphatic hydroxyl groups excluding tert-OH is 1. The zero-order valence-electron chi connectivity index (χ0n) is 13.9. The lowest BCUT2D eigenvalue weighted by atomic mass is 9.63. The molecular weight excluding hydrogens is 308 g/mol. The lowest BCUT2D eigenvalue weighted by molar-refractivity contribution is -0.165. The molecular formula is C19H24O5. The highest BCUT2D eigenvalue weighted by Gasteiger charge is 2.73. The summed E-state index contributed by atoms with van der Waals surface area (Å²) in [4.78, 5) is 24.1. The molecule has 130 valence electrons. The number of carbonyl (C=O) groups excluding carboxylic acids is 1. The number of fused-ring (bicyclic) bond motifs is 3. The summed E-state index contributed by atoms with van der Waals surface area (Å²) in [6, 6.07) is 0. The van der Waals surface area contributed by atoms with Gasteiger partial charge < -0.3 is 14.9 Å². The fourth-order valence-corrected chi connectivity index (χ4v) is 6.53. The van der Waals surface area contributed by atoms with Crippen molar-refractivity contribution in [3.8, 4) is 0 Å². The molecule has 0 saturated heterocycles. The molecule has 4 aliphatic carbocycles. The van der Waals surface area contributed by atoms with Gasteiger partial charge in [-0.15, -0.1) is 0 Å². The molecule has 1 spiro atoms. The molecule has 4 rings (SSSR count). The molecule has 0 aromatic rings. The normalized spacial score (nSPS) is 48.8. The van der Waals surface area contributed by atoms with Gasteiger partial charge in [0.05, 0.1) is 12.0 Å². The van der Waals surface area contributed by atoms with Gasteiger partial charge in [-0.3, -0.25) is 9.59 Å². The van der Waals surface area contributed by atoms with Crippen molar-refractivity contribution in [1.82, 2.24) is 0 Å². The average molecular weight is 332 g/mol. The quantitative estimate of drug-likeness (QED) is 0.599. The van der Waals surface area contributed by atoms with Crippen molar-refractivity contribution in [2.45, 2.75) is 50.7 Å². The molecule has 4 aliphatic rings. The highest BCUT2D eigenvalue weighted by molar-refractivity contribution is 5.74. The molecule has 0 heterocycles. The minimum Gasteiger partial charge on any atom is -0.481 e. The van der Waals surface area contributed by atoms with Crippen LogP contribution in [-0.2, 0) is 14.3 Å². The topological polar surface area (TPSA) is 83.8 Å². The van der Waals surface area contributed by atoms with Crippen LogP contribution in [-0.4, -0.2) is 33.9 Å². The Labute approximate surface area is 141 Å². The first kappa shape index (κ1) is 15.9. The first-order valence-corrected chi connectivity index (χ1v) is 8.77. The number of ether oxygens (including phenoxy) is 1. The molecule has 0 amide bonds. The maximum absolute atomic E-state index is 12.3. The number of hydrogen-bond acceptors (Lipinski definition) is 4. The van der Waals surface area contributed by atoms with E-state index < -0.39 is 29.0 Å². The molecule has 0 aromatic heterocycles. The summed E-state index contributed by atoms with van der Waals surface area (Å²) in [6.45, 7) is 5.57. The smallest absolute Gasteiger partial charge is 0.307 e. The summed E-state index contributed by atoms with van der Waals surface area (Å²) in [7, 11) is 0. The predicted octanol–water partition coefficient (Wildman–Crippen LogP) is 2.30. The standard InChI is InChI=1S/C19H24O5/c1-10-8-18-9-12(10)3-4-15(18)19(24-11(2)20)6-5-13(21)7-14(19)16(18)17(22)23/h5-6,12-16,21H,1,3-4,7-9H2,2H3,(H,22,23). The van der Waals surface area contributed by atoms with Crippen molar-refractivity contribution in [2.24, 2.45) is 29.1 Å². The van der Waals surface area contributed by atoms with E-state index in [0.717, 1.165) is 24.8 Å². The van der Waals surface area contributed by atoms with Crippen molar-refractivity contribution in [3.05, 3.63) is 24.3 Å². The number of aliphatic carboxylic acids is 1. The Kier molecular flexibility index (Phi) is 3.27. The summed E-state index contributed by atoms with van der Waals surface area (Å²) < 4.78 is 5.85. The Bertz CT molecular complexity index is 652. The highest BCUT2D eigenvalue weighted by atomic mass is 16.6. The van der Waals surface area contributed by atoms with Crippen molar-refractivity contribution in [1.29, 1.82) is 0 Å². The van der Waals surface area contributed by atoms with E-state index in [4.69, 9.17) is 4.74 Å². The minimum absolute atomic E-state index is 0.0146. The molecule has 7 atom stereocenters. The highest BCUT2D eigenvalue weighted by Crippen LogP contribution is 2.72. The van der Waals surface area contributed by atoms with Crippen LogP contribution in [0, 0.1) is 29.1 Å². The third kappa shape index (κ3) is 1.85. The number of rotatable bonds is 2. The van der Waals surface area contributed by atoms with Gasteiger partial charge in [-0.25, -0.2) is 0 Å². The maximum atomic E-state index is 12.3. The number of aliphatic hydroxyl groups is 1. The molecule has 7 unspecified atom stereocenters. The molecule has 2 bridgehead atoms. The van der Waals surface area contributed by atoms with Crippen molar-refractivity contribution < 1.29 is 24.5 Å². The SMILES string of the molecule is C=C1CC23CC1CCC2C1(OC(C)=O)C=CC(O)CC1C3C(=O)O. The Hall–Kier alpha value is -1.62. The molecule has 5 nitrogen and oxygen atoms in total. The lowest BCUT2D eigenvalue weighted by Gasteiger charge is -2.44. The average Bonchev–Trinajstić information content (AvgIpc) is 2.86. The van der Waals surface area contributed by atoms with Gasteiger partial charge in [0.1, 0.15) is 5.60 Å². The van der Waals surface area contributed by atoms with Gasteiger partial charge in [0, 0.05) is 18.8 Å². The van der Waals surface area contributed by atoms with Gasteiger partial charge in [0.15, 0.2) is 0 Å². The van der Waals surface area contributed by atoms with Crippen LogP contribution in [0.15, 0.2) is 24.3 Å². The molecule has 24 heavy (non-hydrogen) atoms. The van der Waals surface area contributed by atoms with Crippen LogP contribution >= 0.6 is 0 Å². The monoisotopic (exact) mass is 332 g/mol. The van der Waals surface area contributed by atoms with Crippen LogP contribution in [0.25, 0.3) is 0 Å². The van der Waals surface area contributed by atoms with E-state index in [1.807, 2.05) is 0 Å². The van der Waals surface area contributed by atoms with Crippen LogP contribution in [0.3, 0.4) is 0 Å². The Morgan fingerprint density at radius 2 is 2.12 bits per heavy atom. The van der Waals surface area contributed by atoms with Gasteiger partial charge in [-0.1, -0.05) is 18.2 Å². The number of carboxylic acids is 1. The van der Waals surface area contributed by atoms with E-state index in [-0.39, 0.29) is 17.8 Å². The van der Waals surface area contributed by atoms with Gasteiger partial charge in [-0.2, -0.15) is 0 Å². The fourth-order valence-electron chi connectivity index (χ4n) is 6.53. The van der Waals surface area contributed by atoms with Crippen LogP contribution in [0.4, 0.5) is 0 Å². The molecule has 0 aromatic carbocycles. The Morgan fingerprint density at radius 3 is 2.79 bits per heavy atom. The molecule has 5 heteroatoms. The van der Waals surface area contributed by atoms with Crippen LogP contribution in [0.1, 0.15) is 39.0 Å². The van der Waals surface area contributed by atoms with Gasteiger partial charge >= 0.3 is 11.9 Å². The van der Waals surface area contributed by atoms with Gasteiger partial charge in [-0.05, 0) is 49.5 Å². The maximum Gasteiger partial charge on any atom is 0.307 e. The fraction of sp³-hybridized carbons (Fsp3) is 0.684. The van der Waals surface area contributed by atoms with Crippen molar-refractivity contribution in [3.63, 3.8) is 0 Å². The zero-order valence-corrected chi connectivity index (χ0v) is 13.9. The molecule has 3 fully saturated rings. The third-order valence-corrected chi connectivity index (χ3v) is 7.06. The first-order chi connectivity index (χ1) is 11.3. The van der Waals surface area contributed by atoms with Crippen molar-refractivity contribution in [2.75, 3.05) is 0 Å². The molecule has 2 N–H and O–H groups in total. The summed E-state index contributed by atoms with van der Waals surface area (Å²) in [6.07, 6.45) is 6.45. The number of hydrogen-bond donors (Lipinski definition) is 2. The lowest BCUT2D eigenvalue weighted by Crippen LogP contribution is -2.48.